The summed E-state index contributed by atoms with van der Waals surface area (Å²) in [6.07, 6.45) is 4.95. The Morgan fingerprint density at radius 3 is 3.06 bits per heavy atom. The van der Waals surface area contributed by atoms with Gasteiger partial charge in [-0.3, -0.25) is 10.1 Å². The summed E-state index contributed by atoms with van der Waals surface area (Å²) in [4.78, 5) is 4.05. The topological polar surface area (TPSA) is 89.8 Å². The lowest BCUT2D eigenvalue weighted by molar-refractivity contribution is 0.460. The number of nitrogens with one attached hydrogen (secondary N) is 1. The predicted molar refractivity (Wildman–Crippen MR) is 63.2 cm³/mol. The van der Waals surface area contributed by atoms with Gasteiger partial charge in [0.25, 0.3) is 0 Å². The number of rotatable bonds is 4. The van der Waals surface area contributed by atoms with Crippen LogP contribution in [0.5, 0.6) is 11.6 Å². The third-order valence-corrected chi connectivity index (χ3v) is 2.21. The third kappa shape index (κ3) is 2.41. The molecule has 2 aromatic rings. The second-order valence-electron chi connectivity index (χ2n) is 3.40. The summed E-state index contributed by atoms with van der Waals surface area (Å²) >= 11 is 0. The number of hydrogen-bond donors (Lipinski definition) is 2. The first-order chi connectivity index (χ1) is 8.20. The third-order valence-electron chi connectivity index (χ3n) is 2.21. The van der Waals surface area contributed by atoms with E-state index in [0.29, 0.717) is 17.2 Å². The molecule has 0 aliphatic heterocycles. The van der Waals surface area contributed by atoms with E-state index in [0.717, 1.165) is 6.54 Å². The molecular weight excluding hydrogens is 218 g/mol. The van der Waals surface area contributed by atoms with Gasteiger partial charge in [-0.05, 0) is 19.1 Å². The molecule has 0 saturated heterocycles. The maximum absolute atomic E-state index is 7.42. The van der Waals surface area contributed by atoms with Crippen LogP contribution >= 0.6 is 0 Å². The molecule has 0 amide bonds. The minimum Gasteiger partial charge on any atom is -0.435 e. The Morgan fingerprint density at radius 1 is 1.59 bits per heavy atom. The average molecular weight is 231 g/mol. The van der Waals surface area contributed by atoms with E-state index in [1.54, 1.807) is 35.4 Å². The van der Waals surface area contributed by atoms with E-state index in [1.807, 2.05) is 6.92 Å². The van der Waals surface area contributed by atoms with Crippen LogP contribution in [0.1, 0.15) is 12.5 Å². The van der Waals surface area contributed by atoms with Crippen LogP contribution in [0.15, 0.2) is 30.7 Å². The molecule has 0 bridgehead atoms. The van der Waals surface area contributed by atoms with Gasteiger partial charge >= 0.3 is 0 Å². The fraction of sp³-hybridized carbons (Fsp3) is 0.182. The minimum absolute atomic E-state index is 0.0732. The summed E-state index contributed by atoms with van der Waals surface area (Å²) in [6.45, 7) is 2.75. The quantitative estimate of drug-likeness (QED) is 0.614. The van der Waals surface area contributed by atoms with Crippen molar-refractivity contribution in [1.82, 2.24) is 14.8 Å². The first-order valence-corrected chi connectivity index (χ1v) is 5.20. The molecule has 88 valence electrons. The van der Waals surface area contributed by atoms with Crippen molar-refractivity contribution in [2.24, 2.45) is 5.73 Å². The molecule has 2 aromatic heterocycles. The largest absolute Gasteiger partial charge is 0.435 e. The highest BCUT2D eigenvalue weighted by molar-refractivity contribution is 5.97. The number of nitrogens with zero attached hydrogens (tertiary/aromatic N) is 3. The minimum atomic E-state index is -0.0732. The molecule has 0 aromatic carbocycles. The normalized spacial score (nSPS) is 10.2. The Hall–Kier alpha value is -2.37. The van der Waals surface area contributed by atoms with Gasteiger partial charge in [0.15, 0.2) is 5.75 Å². The van der Waals surface area contributed by atoms with E-state index in [-0.39, 0.29) is 5.84 Å². The number of ether oxygens (including phenoxy) is 1. The molecule has 0 aliphatic rings. The second kappa shape index (κ2) is 4.65. The van der Waals surface area contributed by atoms with Gasteiger partial charge in [-0.1, -0.05) is 0 Å². The summed E-state index contributed by atoms with van der Waals surface area (Å²) in [5.74, 6) is 0.819. The van der Waals surface area contributed by atoms with Crippen LogP contribution in [0.25, 0.3) is 0 Å². The molecule has 0 aliphatic carbocycles. The highest BCUT2D eigenvalue weighted by atomic mass is 16.5. The summed E-state index contributed by atoms with van der Waals surface area (Å²) in [5, 5.41) is 11.5. The van der Waals surface area contributed by atoms with Crippen LogP contribution in [0.2, 0.25) is 0 Å². The first kappa shape index (κ1) is 11.1. The monoisotopic (exact) mass is 231 g/mol. The van der Waals surface area contributed by atoms with E-state index >= 15 is 0 Å². The number of nitrogens with two attached hydrogens (primary N) is 1. The molecule has 0 fully saturated rings. The van der Waals surface area contributed by atoms with Crippen molar-refractivity contribution in [3.63, 3.8) is 0 Å². The molecule has 0 radical (unpaired) electrons. The zero-order valence-electron chi connectivity index (χ0n) is 9.42. The maximum atomic E-state index is 7.42. The fourth-order valence-corrected chi connectivity index (χ4v) is 1.36. The Morgan fingerprint density at radius 2 is 2.41 bits per heavy atom. The van der Waals surface area contributed by atoms with Crippen LogP contribution in [-0.2, 0) is 6.54 Å². The number of amidine groups is 1. The van der Waals surface area contributed by atoms with Crippen LogP contribution in [0.3, 0.4) is 0 Å². The van der Waals surface area contributed by atoms with Crippen molar-refractivity contribution in [2.45, 2.75) is 13.5 Å². The lowest BCUT2D eigenvalue weighted by atomic mass is 10.2. The molecule has 0 unspecified atom stereocenters. The summed E-state index contributed by atoms with van der Waals surface area (Å²) in [6, 6.07) is 3.40. The summed E-state index contributed by atoms with van der Waals surface area (Å²) < 4.78 is 7.28. The van der Waals surface area contributed by atoms with Crippen molar-refractivity contribution in [1.29, 1.82) is 5.41 Å². The van der Waals surface area contributed by atoms with Gasteiger partial charge in [0, 0.05) is 12.7 Å². The van der Waals surface area contributed by atoms with Crippen LogP contribution < -0.4 is 10.5 Å². The van der Waals surface area contributed by atoms with Gasteiger partial charge in [-0.2, -0.15) is 5.10 Å². The molecule has 0 atom stereocenters. The van der Waals surface area contributed by atoms with Gasteiger partial charge in [-0.25, -0.2) is 4.98 Å². The van der Waals surface area contributed by atoms with Crippen molar-refractivity contribution in [2.75, 3.05) is 0 Å². The molecular formula is C11H13N5O. The zero-order chi connectivity index (χ0) is 12.3. The number of nitrogen functional groups attached to an aromatic ring is 1. The van der Waals surface area contributed by atoms with E-state index in [4.69, 9.17) is 15.9 Å². The molecule has 3 N–H and O–H groups in total. The molecule has 0 saturated carbocycles. The van der Waals surface area contributed by atoms with E-state index in [2.05, 4.69) is 10.1 Å². The number of aromatic nitrogens is 3. The van der Waals surface area contributed by atoms with E-state index < -0.39 is 0 Å². The Bertz CT molecular complexity index is 534. The van der Waals surface area contributed by atoms with E-state index in [9.17, 15) is 0 Å². The van der Waals surface area contributed by atoms with Gasteiger partial charge in [0.1, 0.15) is 5.84 Å². The van der Waals surface area contributed by atoms with Crippen molar-refractivity contribution >= 4 is 5.84 Å². The van der Waals surface area contributed by atoms with Crippen LogP contribution in [0, 0.1) is 5.41 Å². The molecule has 6 nitrogen and oxygen atoms in total. The van der Waals surface area contributed by atoms with Crippen molar-refractivity contribution in [3.05, 3.63) is 36.3 Å². The van der Waals surface area contributed by atoms with Gasteiger partial charge in [0.05, 0.1) is 18.0 Å². The lowest BCUT2D eigenvalue weighted by Crippen LogP contribution is -2.12. The standard InChI is InChI=1S/C11H13N5O/c1-2-16-7-8(6-15-16)17-11-9(10(12)13)4-3-5-14-11/h3-7H,2H2,1H3,(H3,12,13). The summed E-state index contributed by atoms with van der Waals surface area (Å²) in [7, 11) is 0. The molecule has 6 heteroatoms. The Balaban J connectivity index is 2.26. The highest BCUT2D eigenvalue weighted by Crippen LogP contribution is 2.21. The lowest BCUT2D eigenvalue weighted by Gasteiger charge is -2.06. The van der Waals surface area contributed by atoms with Gasteiger partial charge in [0.2, 0.25) is 5.88 Å². The number of pyridine rings is 1. The summed E-state index contributed by atoms with van der Waals surface area (Å²) in [5.41, 5.74) is 5.91. The predicted octanol–water partition coefficient (Wildman–Crippen LogP) is 1.37. The van der Waals surface area contributed by atoms with Crippen molar-refractivity contribution in [3.8, 4) is 11.6 Å². The van der Waals surface area contributed by atoms with E-state index in [1.165, 1.54) is 0 Å². The van der Waals surface area contributed by atoms with Crippen LogP contribution in [0.4, 0.5) is 0 Å². The highest BCUT2D eigenvalue weighted by Gasteiger charge is 2.09. The van der Waals surface area contributed by atoms with Crippen molar-refractivity contribution < 1.29 is 4.74 Å². The first-order valence-electron chi connectivity index (χ1n) is 5.20. The van der Waals surface area contributed by atoms with Crippen LogP contribution in [-0.4, -0.2) is 20.6 Å². The number of hydrogen-bond acceptors (Lipinski definition) is 4. The average Bonchev–Trinajstić information content (AvgIpc) is 2.77. The number of aryl methyl sites for hydroxylation is 1. The smallest absolute Gasteiger partial charge is 0.230 e. The molecule has 2 rings (SSSR count). The maximum Gasteiger partial charge on any atom is 0.230 e. The fourth-order valence-electron chi connectivity index (χ4n) is 1.36. The van der Waals surface area contributed by atoms with Gasteiger partial charge in [-0.15, -0.1) is 0 Å². The zero-order valence-corrected chi connectivity index (χ0v) is 9.42. The Kier molecular flexibility index (Phi) is 3.04. The Labute approximate surface area is 98.5 Å². The SMILES string of the molecule is CCn1cc(Oc2ncccc2C(=N)N)cn1. The van der Waals surface area contributed by atoms with Gasteiger partial charge < -0.3 is 10.5 Å². The molecule has 0 spiro atoms. The molecule has 2 heterocycles. The second-order valence-corrected chi connectivity index (χ2v) is 3.40. The molecule has 17 heavy (non-hydrogen) atoms.